The highest BCUT2D eigenvalue weighted by atomic mass is 32.1. The molecular formula is C15H17N3O2S. The molecule has 1 fully saturated rings. The minimum atomic E-state index is -0.496. The van der Waals surface area contributed by atoms with Crippen molar-refractivity contribution in [3.8, 4) is 0 Å². The molecule has 1 N–H and O–H groups in total. The maximum absolute atomic E-state index is 12.6. The molecule has 1 saturated heterocycles. The summed E-state index contributed by atoms with van der Waals surface area (Å²) in [5.74, 6) is -0.128. The number of rotatable bonds is 2. The zero-order valence-corrected chi connectivity index (χ0v) is 13.0. The summed E-state index contributed by atoms with van der Waals surface area (Å²) < 4.78 is 1.02. The van der Waals surface area contributed by atoms with Gasteiger partial charge in [0.1, 0.15) is 12.1 Å². The van der Waals surface area contributed by atoms with Crippen molar-refractivity contribution in [2.75, 3.05) is 4.90 Å². The fourth-order valence-corrected chi connectivity index (χ4v) is 3.42. The van der Waals surface area contributed by atoms with Crippen LogP contribution in [0.3, 0.4) is 0 Å². The zero-order chi connectivity index (χ0) is 15.1. The van der Waals surface area contributed by atoms with Crippen molar-refractivity contribution in [1.82, 2.24) is 10.3 Å². The second-order valence-electron chi connectivity index (χ2n) is 5.63. The smallest absolute Gasteiger partial charge is 0.250 e. The first kappa shape index (κ1) is 14.0. The fourth-order valence-electron chi connectivity index (χ4n) is 2.71. The number of aromatic nitrogens is 1. The van der Waals surface area contributed by atoms with E-state index >= 15 is 0 Å². The van der Waals surface area contributed by atoms with Crippen molar-refractivity contribution in [3.05, 3.63) is 23.7 Å². The van der Waals surface area contributed by atoms with Crippen LogP contribution in [0.2, 0.25) is 0 Å². The summed E-state index contributed by atoms with van der Waals surface area (Å²) in [7, 11) is 0. The van der Waals surface area contributed by atoms with E-state index < -0.39 is 12.1 Å². The summed E-state index contributed by atoms with van der Waals surface area (Å²) in [6, 6.07) is 4.72. The van der Waals surface area contributed by atoms with Gasteiger partial charge in [-0.15, -0.1) is 11.3 Å². The van der Waals surface area contributed by atoms with Gasteiger partial charge in [0.05, 0.1) is 15.7 Å². The van der Waals surface area contributed by atoms with E-state index in [9.17, 15) is 9.59 Å². The molecule has 5 nitrogen and oxygen atoms in total. The molecule has 2 heterocycles. The number of hydrogen-bond donors (Lipinski definition) is 1. The highest BCUT2D eigenvalue weighted by Crippen LogP contribution is 2.29. The van der Waals surface area contributed by atoms with E-state index in [1.165, 1.54) is 11.3 Å². The van der Waals surface area contributed by atoms with Crippen molar-refractivity contribution in [2.24, 2.45) is 5.92 Å². The third-order valence-electron chi connectivity index (χ3n) is 3.74. The number of carbonyl (C=O) groups is 2. The number of anilines is 1. The van der Waals surface area contributed by atoms with Crippen LogP contribution < -0.4 is 10.2 Å². The van der Waals surface area contributed by atoms with E-state index in [4.69, 9.17) is 0 Å². The van der Waals surface area contributed by atoms with Crippen LogP contribution in [0, 0.1) is 5.92 Å². The number of fused-ring (bicyclic) bond motifs is 1. The van der Waals surface area contributed by atoms with Gasteiger partial charge in [0.25, 0.3) is 0 Å². The molecule has 3 rings (SSSR count). The van der Waals surface area contributed by atoms with Gasteiger partial charge >= 0.3 is 0 Å². The lowest BCUT2D eigenvalue weighted by Gasteiger charge is -2.39. The molecule has 1 aromatic heterocycles. The molecule has 1 aliphatic heterocycles. The normalized spacial score (nSPS) is 23.0. The monoisotopic (exact) mass is 303 g/mol. The highest BCUT2D eigenvalue weighted by molar-refractivity contribution is 7.16. The van der Waals surface area contributed by atoms with Crippen LogP contribution in [0.25, 0.3) is 10.2 Å². The Morgan fingerprint density at radius 3 is 2.81 bits per heavy atom. The number of benzene rings is 1. The number of nitrogens with zero attached hydrogens (tertiary/aromatic N) is 2. The van der Waals surface area contributed by atoms with Crippen LogP contribution in [0.5, 0.6) is 0 Å². The number of piperazine rings is 1. The lowest BCUT2D eigenvalue weighted by Crippen LogP contribution is -2.64. The summed E-state index contributed by atoms with van der Waals surface area (Å²) in [5.41, 5.74) is 3.45. The largest absolute Gasteiger partial charge is 0.343 e. The molecule has 0 spiro atoms. The minimum Gasteiger partial charge on any atom is -0.343 e. The average Bonchev–Trinajstić information content (AvgIpc) is 2.89. The van der Waals surface area contributed by atoms with Crippen molar-refractivity contribution in [1.29, 1.82) is 0 Å². The molecule has 2 aromatic rings. The van der Waals surface area contributed by atoms with Gasteiger partial charge in [0.2, 0.25) is 11.8 Å². The standard InChI is InChI=1S/C15H17N3O2S/c1-8(2)13-14(19)17-9(3)15(20)18(13)10-4-5-11-12(6-10)21-7-16-11/h4-9,13H,1-3H3,(H,17,19). The van der Waals surface area contributed by atoms with Gasteiger partial charge in [-0.05, 0) is 31.0 Å². The molecule has 0 saturated carbocycles. The molecule has 1 aromatic carbocycles. The summed E-state index contributed by atoms with van der Waals surface area (Å²) in [4.78, 5) is 30.7. The maximum atomic E-state index is 12.6. The third-order valence-corrected chi connectivity index (χ3v) is 4.53. The summed E-state index contributed by atoms with van der Waals surface area (Å²) >= 11 is 1.53. The van der Waals surface area contributed by atoms with Crippen molar-refractivity contribution in [3.63, 3.8) is 0 Å². The Morgan fingerprint density at radius 2 is 2.10 bits per heavy atom. The van der Waals surface area contributed by atoms with E-state index in [2.05, 4.69) is 10.3 Å². The van der Waals surface area contributed by atoms with Crippen molar-refractivity contribution in [2.45, 2.75) is 32.9 Å². The van der Waals surface area contributed by atoms with Crippen molar-refractivity contribution >= 4 is 39.1 Å². The van der Waals surface area contributed by atoms with Gasteiger partial charge in [-0.25, -0.2) is 4.98 Å². The van der Waals surface area contributed by atoms with Gasteiger partial charge in [0, 0.05) is 5.69 Å². The van der Waals surface area contributed by atoms with E-state index in [-0.39, 0.29) is 17.7 Å². The van der Waals surface area contributed by atoms with Crippen LogP contribution in [-0.2, 0) is 9.59 Å². The highest BCUT2D eigenvalue weighted by Gasteiger charge is 2.41. The van der Waals surface area contributed by atoms with Crippen LogP contribution >= 0.6 is 11.3 Å². The van der Waals surface area contributed by atoms with E-state index in [0.29, 0.717) is 0 Å². The molecule has 0 bridgehead atoms. The lowest BCUT2D eigenvalue weighted by molar-refractivity contribution is -0.134. The first-order valence-electron chi connectivity index (χ1n) is 6.95. The Hall–Kier alpha value is -1.95. The molecule has 1 aliphatic rings. The number of amides is 2. The molecular weight excluding hydrogens is 286 g/mol. The Bertz CT molecular complexity index is 710. The average molecular weight is 303 g/mol. The number of nitrogens with one attached hydrogen (secondary N) is 1. The molecule has 2 amide bonds. The first-order chi connectivity index (χ1) is 9.99. The molecule has 2 unspecified atom stereocenters. The van der Waals surface area contributed by atoms with Gasteiger partial charge in [-0.1, -0.05) is 13.8 Å². The minimum absolute atomic E-state index is 0.0404. The van der Waals surface area contributed by atoms with E-state index in [1.54, 1.807) is 17.3 Å². The van der Waals surface area contributed by atoms with Crippen LogP contribution in [-0.4, -0.2) is 28.9 Å². The van der Waals surface area contributed by atoms with Crippen LogP contribution in [0.15, 0.2) is 23.7 Å². The first-order valence-corrected chi connectivity index (χ1v) is 7.83. The van der Waals surface area contributed by atoms with Gasteiger partial charge in [-0.2, -0.15) is 0 Å². The second-order valence-corrected chi connectivity index (χ2v) is 6.52. The quantitative estimate of drug-likeness (QED) is 0.925. The molecule has 0 aliphatic carbocycles. The molecule has 0 radical (unpaired) electrons. The van der Waals surface area contributed by atoms with E-state index in [0.717, 1.165) is 15.9 Å². The Kier molecular flexibility index (Phi) is 3.41. The Balaban J connectivity index is 2.09. The van der Waals surface area contributed by atoms with Crippen LogP contribution in [0.4, 0.5) is 5.69 Å². The molecule has 6 heteroatoms. The lowest BCUT2D eigenvalue weighted by atomic mass is 9.96. The summed E-state index contributed by atoms with van der Waals surface area (Å²) in [6.45, 7) is 5.62. The van der Waals surface area contributed by atoms with Crippen LogP contribution in [0.1, 0.15) is 20.8 Å². The van der Waals surface area contributed by atoms with Gasteiger partial charge in [-0.3, -0.25) is 14.5 Å². The fraction of sp³-hybridized carbons (Fsp3) is 0.400. The van der Waals surface area contributed by atoms with Crippen molar-refractivity contribution < 1.29 is 9.59 Å². The summed E-state index contributed by atoms with van der Waals surface area (Å²) in [6.07, 6.45) is 0. The number of thiazole rings is 1. The van der Waals surface area contributed by atoms with Gasteiger partial charge < -0.3 is 5.32 Å². The Labute approximate surface area is 127 Å². The number of hydrogen-bond acceptors (Lipinski definition) is 4. The predicted octanol–water partition coefficient (Wildman–Crippen LogP) is 2.17. The summed E-state index contributed by atoms with van der Waals surface area (Å²) in [5, 5.41) is 2.75. The SMILES string of the molecule is CC1NC(=O)C(C(C)C)N(c2ccc3ncsc3c2)C1=O. The molecule has 110 valence electrons. The number of carbonyl (C=O) groups excluding carboxylic acids is 2. The third kappa shape index (κ3) is 2.29. The predicted molar refractivity (Wildman–Crippen MR) is 83.3 cm³/mol. The Morgan fingerprint density at radius 1 is 1.33 bits per heavy atom. The zero-order valence-electron chi connectivity index (χ0n) is 12.2. The van der Waals surface area contributed by atoms with Gasteiger partial charge in [0.15, 0.2) is 0 Å². The van der Waals surface area contributed by atoms with E-state index in [1.807, 2.05) is 32.0 Å². The topological polar surface area (TPSA) is 62.3 Å². The molecule has 2 atom stereocenters. The maximum Gasteiger partial charge on any atom is 0.250 e. The molecule has 21 heavy (non-hydrogen) atoms. The second kappa shape index (κ2) is 5.11.